The number of nitrogens with zero attached hydrogens (tertiary/aromatic N) is 1. The molecule has 0 saturated carbocycles. The van der Waals surface area contributed by atoms with Gasteiger partial charge >= 0.3 is 0 Å². The van der Waals surface area contributed by atoms with Crippen molar-refractivity contribution >= 4 is 0 Å². The van der Waals surface area contributed by atoms with E-state index in [0.29, 0.717) is 12.0 Å². The molecule has 1 heterocycles. The van der Waals surface area contributed by atoms with Crippen molar-refractivity contribution in [1.29, 1.82) is 0 Å². The second-order valence-corrected chi connectivity index (χ2v) is 5.80. The Morgan fingerprint density at radius 3 is 2.37 bits per heavy atom. The van der Waals surface area contributed by atoms with Crippen LogP contribution in [0.5, 0.6) is 0 Å². The van der Waals surface area contributed by atoms with E-state index in [1.54, 1.807) is 0 Å². The number of hydrogen-bond acceptors (Lipinski definition) is 3. The van der Waals surface area contributed by atoms with Gasteiger partial charge in [-0.15, -0.1) is 0 Å². The Hall–Kier alpha value is -0.120. The zero-order chi connectivity index (χ0) is 13.9. The predicted molar refractivity (Wildman–Crippen MR) is 82.6 cm³/mol. The van der Waals surface area contributed by atoms with Crippen molar-refractivity contribution in [1.82, 2.24) is 10.2 Å². The zero-order valence-electron chi connectivity index (χ0n) is 13.3. The van der Waals surface area contributed by atoms with Crippen LogP contribution in [0.1, 0.15) is 52.9 Å². The van der Waals surface area contributed by atoms with Crippen molar-refractivity contribution in [3.63, 3.8) is 0 Å². The van der Waals surface area contributed by atoms with E-state index in [9.17, 15) is 0 Å². The first-order valence-corrected chi connectivity index (χ1v) is 8.35. The largest absolute Gasteiger partial charge is 0.381 e. The molecule has 1 N–H and O–H groups in total. The molecular formula is C16H34N2O. The minimum atomic E-state index is 0.657. The van der Waals surface area contributed by atoms with Gasteiger partial charge in [0.1, 0.15) is 0 Å². The van der Waals surface area contributed by atoms with Gasteiger partial charge in [0, 0.05) is 25.1 Å². The van der Waals surface area contributed by atoms with Crippen LogP contribution in [0.25, 0.3) is 0 Å². The van der Waals surface area contributed by atoms with Crippen LogP contribution in [-0.4, -0.2) is 50.3 Å². The van der Waals surface area contributed by atoms with Gasteiger partial charge in [-0.25, -0.2) is 0 Å². The fraction of sp³-hybridized carbons (Fsp3) is 1.00. The summed E-state index contributed by atoms with van der Waals surface area (Å²) in [4.78, 5) is 2.66. The Bertz CT molecular complexity index is 201. The molecule has 1 saturated heterocycles. The molecule has 1 rings (SSSR count). The van der Waals surface area contributed by atoms with Crippen LogP contribution in [-0.2, 0) is 4.74 Å². The van der Waals surface area contributed by atoms with Crippen molar-refractivity contribution < 1.29 is 4.74 Å². The maximum Gasteiger partial charge on any atom is 0.0521 e. The van der Waals surface area contributed by atoms with Gasteiger partial charge in [-0.3, -0.25) is 0 Å². The van der Waals surface area contributed by atoms with E-state index in [2.05, 4.69) is 31.0 Å². The molecule has 19 heavy (non-hydrogen) atoms. The van der Waals surface area contributed by atoms with Gasteiger partial charge in [0.25, 0.3) is 0 Å². The molecule has 1 fully saturated rings. The highest BCUT2D eigenvalue weighted by Gasteiger charge is 2.26. The standard InChI is InChI=1S/C16H34N2O/c1-4-7-10-18(11-8-5-2)13-15-14-19-12-9-16(15)17-6-3/h15-17H,4-14H2,1-3H3. The third-order valence-electron chi connectivity index (χ3n) is 4.09. The van der Waals surface area contributed by atoms with Crippen molar-refractivity contribution in [3.05, 3.63) is 0 Å². The molecule has 0 aliphatic carbocycles. The first-order chi connectivity index (χ1) is 9.31. The Labute approximate surface area is 120 Å². The van der Waals surface area contributed by atoms with Gasteiger partial charge in [-0.2, -0.15) is 0 Å². The van der Waals surface area contributed by atoms with E-state index in [0.717, 1.165) is 19.8 Å². The van der Waals surface area contributed by atoms with Gasteiger partial charge < -0.3 is 15.0 Å². The monoisotopic (exact) mass is 270 g/mol. The smallest absolute Gasteiger partial charge is 0.0521 e. The Kier molecular flexibility index (Phi) is 9.48. The fourth-order valence-corrected chi connectivity index (χ4v) is 2.90. The molecule has 0 spiro atoms. The fourth-order valence-electron chi connectivity index (χ4n) is 2.90. The molecule has 2 atom stereocenters. The summed E-state index contributed by atoms with van der Waals surface area (Å²) >= 11 is 0. The molecule has 114 valence electrons. The molecule has 0 amide bonds. The summed E-state index contributed by atoms with van der Waals surface area (Å²) < 4.78 is 5.70. The van der Waals surface area contributed by atoms with Gasteiger partial charge in [-0.1, -0.05) is 33.6 Å². The van der Waals surface area contributed by atoms with Crippen molar-refractivity contribution in [3.8, 4) is 0 Å². The molecule has 0 aromatic carbocycles. The predicted octanol–water partition coefficient (Wildman–Crippen LogP) is 2.90. The molecule has 0 aromatic rings. The number of ether oxygens (including phenoxy) is 1. The lowest BCUT2D eigenvalue weighted by Crippen LogP contribution is -2.48. The average molecular weight is 270 g/mol. The topological polar surface area (TPSA) is 24.5 Å². The van der Waals surface area contributed by atoms with Crippen LogP contribution in [0.3, 0.4) is 0 Å². The van der Waals surface area contributed by atoms with E-state index >= 15 is 0 Å². The van der Waals surface area contributed by atoms with Crippen molar-refractivity contribution in [2.45, 2.75) is 58.9 Å². The average Bonchev–Trinajstić information content (AvgIpc) is 2.44. The first kappa shape index (κ1) is 16.9. The normalized spacial score (nSPS) is 24.0. The van der Waals surface area contributed by atoms with E-state index in [1.165, 1.54) is 51.7 Å². The summed E-state index contributed by atoms with van der Waals surface area (Å²) in [5, 5.41) is 3.65. The number of hydrogen-bond donors (Lipinski definition) is 1. The highest BCUT2D eigenvalue weighted by atomic mass is 16.5. The minimum Gasteiger partial charge on any atom is -0.381 e. The Morgan fingerprint density at radius 2 is 1.79 bits per heavy atom. The summed E-state index contributed by atoms with van der Waals surface area (Å²) in [6, 6.07) is 0.657. The number of unbranched alkanes of at least 4 members (excludes halogenated alkanes) is 2. The lowest BCUT2D eigenvalue weighted by molar-refractivity contribution is 0.0166. The van der Waals surface area contributed by atoms with Crippen LogP contribution in [0.2, 0.25) is 0 Å². The Balaban J connectivity index is 2.43. The Morgan fingerprint density at radius 1 is 1.11 bits per heavy atom. The van der Waals surface area contributed by atoms with Crippen LogP contribution >= 0.6 is 0 Å². The van der Waals surface area contributed by atoms with E-state index in [4.69, 9.17) is 4.74 Å². The SMILES string of the molecule is CCCCN(CCCC)CC1COCCC1NCC. The van der Waals surface area contributed by atoms with Crippen molar-refractivity contribution in [2.24, 2.45) is 5.92 Å². The molecule has 2 unspecified atom stereocenters. The number of nitrogens with one attached hydrogen (secondary N) is 1. The van der Waals surface area contributed by atoms with E-state index in [-0.39, 0.29) is 0 Å². The molecule has 0 radical (unpaired) electrons. The third kappa shape index (κ3) is 6.73. The second-order valence-electron chi connectivity index (χ2n) is 5.80. The first-order valence-electron chi connectivity index (χ1n) is 8.35. The lowest BCUT2D eigenvalue weighted by Gasteiger charge is -2.36. The van der Waals surface area contributed by atoms with Crippen molar-refractivity contribution in [2.75, 3.05) is 39.4 Å². The summed E-state index contributed by atoms with van der Waals surface area (Å²) in [6.45, 7) is 13.4. The molecule has 3 heteroatoms. The maximum absolute atomic E-state index is 5.70. The third-order valence-corrected chi connectivity index (χ3v) is 4.09. The molecule has 1 aliphatic heterocycles. The summed E-state index contributed by atoms with van der Waals surface area (Å²) in [6.07, 6.45) is 6.40. The summed E-state index contributed by atoms with van der Waals surface area (Å²) in [7, 11) is 0. The van der Waals surface area contributed by atoms with Gasteiger partial charge in [0.15, 0.2) is 0 Å². The maximum atomic E-state index is 5.70. The molecule has 0 bridgehead atoms. The van der Waals surface area contributed by atoms with Gasteiger partial charge in [0.2, 0.25) is 0 Å². The quantitative estimate of drug-likeness (QED) is 0.660. The van der Waals surface area contributed by atoms with Crippen LogP contribution in [0.4, 0.5) is 0 Å². The zero-order valence-corrected chi connectivity index (χ0v) is 13.3. The highest BCUT2D eigenvalue weighted by molar-refractivity contribution is 4.82. The van der Waals surface area contributed by atoms with Crippen LogP contribution < -0.4 is 5.32 Å². The van der Waals surface area contributed by atoms with E-state index in [1.807, 2.05) is 0 Å². The number of rotatable bonds is 10. The van der Waals surface area contributed by atoms with Crippen LogP contribution in [0.15, 0.2) is 0 Å². The minimum absolute atomic E-state index is 0.657. The van der Waals surface area contributed by atoms with Crippen LogP contribution in [0, 0.1) is 5.92 Å². The summed E-state index contributed by atoms with van der Waals surface area (Å²) in [5.74, 6) is 0.669. The lowest BCUT2D eigenvalue weighted by atomic mass is 9.94. The highest BCUT2D eigenvalue weighted by Crippen LogP contribution is 2.17. The summed E-state index contributed by atoms with van der Waals surface area (Å²) in [5.41, 5.74) is 0. The molecule has 3 nitrogen and oxygen atoms in total. The van der Waals surface area contributed by atoms with Gasteiger partial charge in [0.05, 0.1) is 6.61 Å². The van der Waals surface area contributed by atoms with E-state index < -0.39 is 0 Å². The van der Waals surface area contributed by atoms with Gasteiger partial charge in [-0.05, 0) is 38.9 Å². The second kappa shape index (κ2) is 10.6. The molecular weight excluding hydrogens is 236 g/mol. The molecule has 0 aromatic heterocycles. The molecule has 1 aliphatic rings.